The summed E-state index contributed by atoms with van der Waals surface area (Å²) >= 11 is 0. The van der Waals surface area contributed by atoms with E-state index in [9.17, 15) is 18.0 Å². The number of amides is 1. The quantitative estimate of drug-likeness (QED) is 0.448. The molecule has 2 saturated heterocycles. The second-order valence-corrected chi connectivity index (χ2v) is 10.6. The van der Waals surface area contributed by atoms with E-state index in [0.717, 1.165) is 50.9 Å². The Hall–Kier alpha value is -3.05. The molecule has 0 bridgehead atoms. The topological polar surface area (TPSA) is 73.0 Å². The van der Waals surface area contributed by atoms with Crippen LogP contribution in [0, 0.1) is 0 Å². The summed E-state index contributed by atoms with van der Waals surface area (Å²) in [6.07, 6.45) is -0.567. The summed E-state index contributed by atoms with van der Waals surface area (Å²) in [5.74, 6) is 0.836. The van der Waals surface area contributed by atoms with Crippen molar-refractivity contribution < 1.29 is 22.7 Å². The van der Waals surface area contributed by atoms with E-state index in [1.54, 1.807) is 4.90 Å². The lowest BCUT2D eigenvalue weighted by Gasteiger charge is -2.34. The van der Waals surface area contributed by atoms with Crippen molar-refractivity contribution in [2.24, 2.45) is 0 Å². The van der Waals surface area contributed by atoms with Gasteiger partial charge in [0.2, 0.25) is 5.91 Å². The second kappa shape index (κ2) is 12.0. The Morgan fingerprint density at radius 3 is 2.59 bits per heavy atom. The van der Waals surface area contributed by atoms with Crippen molar-refractivity contribution in [3.05, 3.63) is 41.6 Å². The van der Waals surface area contributed by atoms with E-state index < -0.39 is 11.7 Å². The highest BCUT2D eigenvalue weighted by molar-refractivity contribution is 5.76. The molecule has 212 valence electrons. The number of halogens is 3. The summed E-state index contributed by atoms with van der Waals surface area (Å²) in [6.45, 7) is 6.16. The monoisotopic (exact) mass is 546 g/mol. The van der Waals surface area contributed by atoms with Gasteiger partial charge >= 0.3 is 6.18 Å². The van der Waals surface area contributed by atoms with Crippen LogP contribution in [0.4, 0.5) is 36.1 Å². The van der Waals surface area contributed by atoms with Gasteiger partial charge in [-0.05, 0) is 56.0 Å². The lowest BCUT2D eigenvalue weighted by molar-refractivity contribution is -0.137. The Bertz CT molecular complexity index is 1150. The first-order chi connectivity index (χ1) is 18.8. The molecule has 8 nitrogen and oxygen atoms in total. The van der Waals surface area contributed by atoms with Crippen LogP contribution in [-0.4, -0.2) is 86.8 Å². The Morgan fingerprint density at radius 2 is 1.85 bits per heavy atom. The van der Waals surface area contributed by atoms with Gasteiger partial charge in [-0.2, -0.15) is 13.2 Å². The first-order valence-corrected chi connectivity index (χ1v) is 13.8. The number of nitrogens with one attached hydrogen (secondary N) is 2. The lowest BCUT2D eigenvalue weighted by Crippen LogP contribution is -2.44. The summed E-state index contributed by atoms with van der Waals surface area (Å²) in [7, 11) is 2.13. The van der Waals surface area contributed by atoms with Crippen molar-refractivity contribution in [2.75, 3.05) is 81.6 Å². The number of rotatable bonds is 9. The van der Waals surface area contributed by atoms with E-state index in [2.05, 4.69) is 44.6 Å². The zero-order valence-electron chi connectivity index (χ0n) is 22.4. The molecular formula is C28H37F3N6O2. The average Bonchev–Trinajstić information content (AvgIpc) is 3.76. The van der Waals surface area contributed by atoms with Gasteiger partial charge in [0, 0.05) is 69.5 Å². The summed E-state index contributed by atoms with van der Waals surface area (Å²) in [4.78, 5) is 22.7. The number of piperazine rings is 1. The molecule has 3 fully saturated rings. The van der Waals surface area contributed by atoms with Crippen molar-refractivity contribution >= 4 is 28.8 Å². The van der Waals surface area contributed by atoms with E-state index in [4.69, 9.17) is 4.74 Å². The molecule has 39 heavy (non-hydrogen) atoms. The molecule has 2 aliphatic heterocycles. The van der Waals surface area contributed by atoms with Crippen LogP contribution in [0.2, 0.25) is 0 Å². The SMILES string of the molecule is CN1CCN(c2ccc(Nc3cc(NCCCN4CCOCCC4=O)c(C(F)(F)F)cn3)c(C3CC3)c2)CC1. The van der Waals surface area contributed by atoms with E-state index >= 15 is 0 Å². The Kier molecular flexibility index (Phi) is 8.46. The van der Waals surface area contributed by atoms with Crippen molar-refractivity contribution in [3.8, 4) is 0 Å². The highest BCUT2D eigenvalue weighted by atomic mass is 19.4. The number of alkyl halides is 3. The van der Waals surface area contributed by atoms with Gasteiger partial charge in [-0.3, -0.25) is 4.79 Å². The number of pyridine rings is 1. The number of anilines is 4. The largest absolute Gasteiger partial charge is 0.419 e. The Labute approximate surface area is 227 Å². The fourth-order valence-electron chi connectivity index (χ4n) is 5.14. The maximum absolute atomic E-state index is 13.8. The Morgan fingerprint density at radius 1 is 1.05 bits per heavy atom. The molecule has 2 N–H and O–H groups in total. The first-order valence-electron chi connectivity index (χ1n) is 13.8. The summed E-state index contributed by atoms with van der Waals surface area (Å²) in [5, 5.41) is 6.23. The minimum atomic E-state index is -4.53. The number of carbonyl (C=O) groups excluding carboxylic acids is 1. The molecule has 3 aliphatic rings. The normalized spacial score (nSPS) is 19.2. The molecule has 3 heterocycles. The van der Waals surface area contributed by atoms with E-state index in [-0.39, 0.29) is 11.6 Å². The second-order valence-electron chi connectivity index (χ2n) is 10.6. The Balaban J connectivity index is 1.28. The number of likely N-dealkylation sites (N-methyl/N-ethyl adjacent to an activating group) is 1. The number of aromatic nitrogens is 1. The number of hydrogen-bond donors (Lipinski definition) is 2. The van der Waals surface area contributed by atoms with Gasteiger partial charge in [0.05, 0.1) is 30.9 Å². The van der Waals surface area contributed by atoms with Gasteiger partial charge in [0.25, 0.3) is 0 Å². The third-order valence-corrected chi connectivity index (χ3v) is 7.63. The van der Waals surface area contributed by atoms with Crippen LogP contribution in [0.5, 0.6) is 0 Å². The lowest BCUT2D eigenvalue weighted by atomic mass is 10.1. The van der Waals surface area contributed by atoms with Crippen LogP contribution in [-0.2, 0) is 15.7 Å². The average molecular weight is 547 g/mol. The minimum absolute atomic E-state index is 0.0176. The fraction of sp³-hybridized carbons (Fsp3) is 0.571. The molecule has 11 heteroatoms. The molecule has 2 aromatic rings. The van der Waals surface area contributed by atoms with Crippen LogP contribution < -0.4 is 15.5 Å². The highest BCUT2D eigenvalue weighted by Crippen LogP contribution is 2.45. The maximum Gasteiger partial charge on any atom is 0.419 e. The predicted octanol–water partition coefficient (Wildman–Crippen LogP) is 4.52. The number of ether oxygens (including phenoxy) is 1. The molecule has 0 spiro atoms. The van der Waals surface area contributed by atoms with E-state index in [0.29, 0.717) is 57.4 Å². The fourth-order valence-corrected chi connectivity index (χ4v) is 5.14. The number of hydrogen-bond acceptors (Lipinski definition) is 7. The molecule has 1 saturated carbocycles. The smallest absolute Gasteiger partial charge is 0.384 e. The molecular weight excluding hydrogens is 509 g/mol. The molecule has 1 aromatic carbocycles. The molecule has 0 atom stereocenters. The molecule has 1 amide bonds. The summed E-state index contributed by atoms with van der Waals surface area (Å²) in [6, 6.07) is 7.76. The molecule has 5 rings (SSSR count). The molecule has 1 aliphatic carbocycles. The van der Waals surface area contributed by atoms with Gasteiger partial charge in [0.15, 0.2) is 0 Å². The van der Waals surface area contributed by atoms with E-state index in [1.165, 1.54) is 17.3 Å². The van der Waals surface area contributed by atoms with Gasteiger partial charge in [-0.25, -0.2) is 4.98 Å². The van der Waals surface area contributed by atoms with Crippen molar-refractivity contribution in [2.45, 2.75) is 37.8 Å². The minimum Gasteiger partial charge on any atom is -0.384 e. The standard InChI is InChI=1S/C28H37F3N6O2/c1-35-10-12-36(13-11-35)21-5-6-24(22(17-21)20-3-4-20)34-26-18-25(23(19-33-26)28(29,30)31)32-8-2-9-37-14-16-39-15-7-27(37)38/h5-6,17-20H,2-4,7-16H2,1H3,(H2,32,33,34). The predicted molar refractivity (Wildman–Crippen MR) is 146 cm³/mol. The summed E-state index contributed by atoms with van der Waals surface area (Å²) < 4.78 is 46.6. The number of benzene rings is 1. The molecule has 0 unspecified atom stereocenters. The van der Waals surface area contributed by atoms with Crippen LogP contribution in [0.25, 0.3) is 0 Å². The number of nitrogens with zero attached hydrogens (tertiary/aromatic N) is 4. The van der Waals surface area contributed by atoms with Crippen LogP contribution in [0.15, 0.2) is 30.5 Å². The van der Waals surface area contributed by atoms with Gasteiger partial charge in [-0.1, -0.05) is 0 Å². The van der Waals surface area contributed by atoms with Gasteiger partial charge < -0.3 is 30.1 Å². The molecule has 1 aromatic heterocycles. The van der Waals surface area contributed by atoms with Crippen molar-refractivity contribution in [1.82, 2.24) is 14.8 Å². The van der Waals surface area contributed by atoms with E-state index in [1.807, 2.05) is 6.07 Å². The highest BCUT2D eigenvalue weighted by Gasteiger charge is 2.34. The summed E-state index contributed by atoms with van der Waals surface area (Å²) in [5.41, 5.74) is 2.43. The van der Waals surface area contributed by atoms with Crippen LogP contribution in [0.1, 0.15) is 42.7 Å². The zero-order chi connectivity index (χ0) is 27.4. The van der Waals surface area contributed by atoms with Crippen LogP contribution >= 0.6 is 0 Å². The van der Waals surface area contributed by atoms with Gasteiger partial charge in [-0.15, -0.1) is 0 Å². The third-order valence-electron chi connectivity index (χ3n) is 7.63. The molecule has 0 radical (unpaired) electrons. The maximum atomic E-state index is 13.8. The van der Waals surface area contributed by atoms with Crippen molar-refractivity contribution in [3.63, 3.8) is 0 Å². The zero-order valence-corrected chi connectivity index (χ0v) is 22.4. The first kappa shape index (κ1) is 27.5. The van der Waals surface area contributed by atoms with Crippen LogP contribution in [0.3, 0.4) is 0 Å². The third kappa shape index (κ3) is 7.13. The number of carbonyl (C=O) groups is 1. The van der Waals surface area contributed by atoms with Crippen molar-refractivity contribution in [1.29, 1.82) is 0 Å². The van der Waals surface area contributed by atoms with Gasteiger partial charge in [0.1, 0.15) is 5.82 Å².